The van der Waals surface area contributed by atoms with Crippen LogP contribution in [0.1, 0.15) is 43.0 Å². The van der Waals surface area contributed by atoms with E-state index < -0.39 is 10.0 Å². The van der Waals surface area contributed by atoms with Crippen molar-refractivity contribution in [3.63, 3.8) is 0 Å². The summed E-state index contributed by atoms with van der Waals surface area (Å²) in [5.74, 6) is 0.542. The number of methoxy groups -OCH3 is 2. The molecule has 1 aromatic carbocycles. The van der Waals surface area contributed by atoms with Crippen LogP contribution in [0, 0.1) is 0 Å². The number of rotatable bonds is 6. The van der Waals surface area contributed by atoms with Gasteiger partial charge >= 0.3 is 0 Å². The van der Waals surface area contributed by atoms with Gasteiger partial charge in [-0.05, 0) is 25.8 Å². The molecule has 1 saturated heterocycles. The molecule has 1 amide bonds. The molecule has 8 heteroatoms. The largest absolute Gasteiger partial charge is 0.493 e. The first-order chi connectivity index (χ1) is 12.4. The molecule has 0 unspecified atom stereocenters. The van der Waals surface area contributed by atoms with Gasteiger partial charge in [0.15, 0.2) is 11.5 Å². The van der Waals surface area contributed by atoms with Crippen LogP contribution in [-0.4, -0.2) is 59.3 Å². The van der Waals surface area contributed by atoms with Crippen molar-refractivity contribution < 1.29 is 22.7 Å². The summed E-state index contributed by atoms with van der Waals surface area (Å²) in [5.41, 5.74) is 0.614. The Labute approximate surface area is 155 Å². The summed E-state index contributed by atoms with van der Waals surface area (Å²) in [5, 5.41) is 0. The van der Waals surface area contributed by atoms with Gasteiger partial charge in [-0.3, -0.25) is 9.10 Å². The topological polar surface area (TPSA) is 76.1 Å². The molecule has 0 spiro atoms. The Hall–Kier alpha value is -1.96. The number of likely N-dealkylation sites (tertiary alicyclic amines) is 1. The fourth-order valence-corrected chi connectivity index (χ4v) is 3.93. The first kappa shape index (κ1) is 20.4. The quantitative estimate of drug-likeness (QED) is 0.753. The first-order valence-electron chi connectivity index (χ1n) is 8.87. The van der Waals surface area contributed by atoms with Crippen molar-refractivity contribution >= 4 is 21.6 Å². The Morgan fingerprint density at radius 3 is 2.12 bits per heavy atom. The van der Waals surface area contributed by atoms with Crippen molar-refractivity contribution in [3.05, 3.63) is 17.7 Å². The fourth-order valence-electron chi connectivity index (χ4n) is 3.09. The van der Waals surface area contributed by atoms with Crippen LogP contribution in [-0.2, 0) is 10.0 Å². The molecule has 1 heterocycles. The predicted octanol–water partition coefficient (Wildman–Crippen LogP) is 2.51. The van der Waals surface area contributed by atoms with Crippen LogP contribution in [0.5, 0.6) is 11.5 Å². The third kappa shape index (κ3) is 4.23. The summed E-state index contributed by atoms with van der Waals surface area (Å²) >= 11 is 0. The van der Waals surface area contributed by atoms with Crippen LogP contribution in [0.3, 0.4) is 0 Å². The lowest BCUT2D eigenvalue weighted by atomic mass is 10.1. The van der Waals surface area contributed by atoms with Gasteiger partial charge in [0.25, 0.3) is 5.91 Å². The summed E-state index contributed by atoms with van der Waals surface area (Å²) in [6.07, 6.45) is 4.12. The van der Waals surface area contributed by atoms with Crippen molar-refractivity contribution in [2.45, 2.75) is 32.6 Å². The summed E-state index contributed by atoms with van der Waals surface area (Å²) < 4.78 is 36.6. The molecule has 0 aliphatic carbocycles. The first-order valence-corrected chi connectivity index (χ1v) is 10.5. The van der Waals surface area contributed by atoms with Gasteiger partial charge in [-0.15, -0.1) is 0 Å². The highest BCUT2D eigenvalue weighted by Crippen LogP contribution is 2.36. The summed E-state index contributed by atoms with van der Waals surface area (Å²) in [6.45, 7) is 2.93. The maximum Gasteiger partial charge on any atom is 0.256 e. The summed E-state index contributed by atoms with van der Waals surface area (Å²) in [7, 11) is 0.903. The molecule has 0 aromatic heterocycles. The van der Waals surface area contributed by atoms with E-state index in [-0.39, 0.29) is 11.7 Å². The van der Waals surface area contributed by atoms with E-state index in [2.05, 4.69) is 0 Å². The SMILES string of the molecule is CCS(=O)(=O)N(C)c1cc(OC)c(OC)cc1C(=O)N1CCCCCC1. The number of carbonyl (C=O) groups is 1. The lowest BCUT2D eigenvalue weighted by Gasteiger charge is -2.26. The predicted molar refractivity (Wildman–Crippen MR) is 102 cm³/mol. The third-order valence-corrected chi connectivity index (χ3v) is 6.51. The Kier molecular flexibility index (Phi) is 6.75. The molecule has 1 fully saturated rings. The number of hydrogen-bond donors (Lipinski definition) is 0. The van der Waals surface area contributed by atoms with Crippen LogP contribution < -0.4 is 13.8 Å². The van der Waals surface area contributed by atoms with Crippen LogP contribution in [0.15, 0.2) is 12.1 Å². The maximum absolute atomic E-state index is 13.2. The zero-order valence-electron chi connectivity index (χ0n) is 15.9. The van der Waals surface area contributed by atoms with Gasteiger partial charge < -0.3 is 14.4 Å². The molecular formula is C18H28N2O5S. The minimum Gasteiger partial charge on any atom is -0.493 e. The van der Waals surface area contributed by atoms with Crippen LogP contribution >= 0.6 is 0 Å². The van der Waals surface area contributed by atoms with E-state index in [0.29, 0.717) is 35.8 Å². The number of nitrogens with zero attached hydrogens (tertiary/aromatic N) is 2. The molecule has 0 radical (unpaired) electrons. The summed E-state index contributed by atoms with van der Waals surface area (Å²) in [6, 6.07) is 3.13. The Balaban J connectivity index is 2.55. The van der Waals surface area contributed by atoms with Gasteiger partial charge in [-0.2, -0.15) is 0 Å². The maximum atomic E-state index is 13.2. The van der Waals surface area contributed by atoms with Gasteiger partial charge in [-0.25, -0.2) is 8.42 Å². The van der Waals surface area contributed by atoms with Gasteiger partial charge in [0, 0.05) is 26.2 Å². The number of ether oxygens (including phenoxy) is 2. The number of hydrogen-bond acceptors (Lipinski definition) is 5. The molecule has 26 heavy (non-hydrogen) atoms. The van der Waals surface area contributed by atoms with E-state index >= 15 is 0 Å². The van der Waals surface area contributed by atoms with Gasteiger partial charge in [0.2, 0.25) is 10.0 Å². The molecule has 0 atom stereocenters. The van der Waals surface area contributed by atoms with Crippen molar-refractivity contribution in [2.75, 3.05) is 44.4 Å². The van der Waals surface area contributed by atoms with Crippen molar-refractivity contribution in [3.8, 4) is 11.5 Å². The lowest BCUT2D eigenvalue weighted by Crippen LogP contribution is -2.35. The highest BCUT2D eigenvalue weighted by atomic mass is 32.2. The molecule has 1 aromatic rings. The van der Waals surface area contributed by atoms with E-state index in [9.17, 15) is 13.2 Å². The second-order valence-electron chi connectivity index (χ2n) is 6.30. The van der Waals surface area contributed by atoms with Crippen LogP contribution in [0.25, 0.3) is 0 Å². The van der Waals surface area contributed by atoms with Gasteiger partial charge in [0.1, 0.15) is 0 Å². The van der Waals surface area contributed by atoms with Crippen LogP contribution in [0.2, 0.25) is 0 Å². The molecule has 1 aliphatic rings. The molecule has 146 valence electrons. The number of benzene rings is 1. The van der Waals surface area contributed by atoms with Gasteiger partial charge in [-0.1, -0.05) is 12.8 Å². The second-order valence-corrected chi connectivity index (χ2v) is 8.59. The molecule has 7 nitrogen and oxygen atoms in total. The normalized spacial score (nSPS) is 15.3. The van der Waals surface area contributed by atoms with E-state index in [4.69, 9.17) is 9.47 Å². The smallest absolute Gasteiger partial charge is 0.256 e. The molecule has 2 rings (SSSR count). The van der Waals surface area contributed by atoms with Gasteiger partial charge in [0.05, 0.1) is 31.2 Å². The molecule has 1 aliphatic heterocycles. The number of carbonyl (C=O) groups excluding carboxylic acids is 1. The minimum absolute atomic E-state index is 0.0603. The molecular weight excluding hydrogens is 356 g/mol. The fraction of sp³-hybridized carbons (Fsp3) is 0.611. The molecule has 0 saturated carbocycles. The van der Waals surface area contributed by atoms with Crippen molar-refractivity contribution in [1.29, 1.82) is 0 Å². The Morgan fingerprint density at radius 1 is 1.08 bits per heavy atom. The Bertz CT molecular complexity index is 740. The number of anilines is 1. The van der Waals surface area contributed by atoms with E-state index in [0.717, 1.165) is 30.0 Å². The number of amides is 1. The summed E-state index contributed by atoms with van der Waals surface area (Å²) in [4.78, 5) is 15.0. The molecule has 0 N–H and O–H groups in total. The zero-order chi connectivity index (χ0) is 19.3. The second kappa shape index (κ2) is 8.62. The average molecular weight is 384 g/mol. The zero-order valence-corrected chi connectivity index (χ0v) is 16.8. The standard InChI is InChI=1S/C18H28N2O5S/c1-5-26(22,23)19(2)15-13-17(25-4)16(24-3)12-14(15)18(21)20-10-8-6-7-9-11-20/h12-13H,5-11H2,1-4H3. The molecule has 0 bridgehead atoms. The van der Waals surface area contributed by atoms with Crippen molar-refractivity contribution in [1.82, 2.24) is 4.90 Å². The average Bonchev–Trinajstić information content (AvgIpc) is 2.95. The lowest BCUT2D eigenvalue weighted by molar-refractivity contribution is 0.0762. The Morgan fingerprint density at radius 2 is 1.62 bits per heavy atom. The third-order valence-electron chi connectivity index (χ3n) is 4.75. The van der Waals surface area contributed by atoms with E-state index in [1.54, 1.807) is 24.0 Å². The van der Waals surface area contributed by atoms with Crippen molar-refractivity contribution in [2.24, 2.45) is 0 Å². The minimum atomic E-state index is -3.52. The number of sulfonamides is 1. The van der Waals surface area contributed by atoms with E-state index in [1.165, 1.54) is 21.3 Å². The highest BCUT2D eigenvalue weighted by molar-refractivity contribution is 7.92. The van der Waals surface area contributed by atoms with E-state index in [1.807, 2.05) is 0 Å². The van der Waals surface area contributed by atoms with Crippen LogP contribution in [0.4, 0.5) is 5.69 Å². The highest BCUT2D eigenvalue weighted by Gasteiger charge is 2.27. The monoisotopic (exact) mass is 384 g/mol.